The normalized spacial score (nSPS) is 28.6. The van der Waals surface area contributed by atoms with Gasteiger partial charge in [-0.25, -0.2) is 0 Å². The molecule has 0 spiro atoms. The summed E-state index contributed by atoms with van der Waals surface area (Å²) >= 11 is 0. The van der Waals surface area contributed by atoms with Crippen molar-refractivity contribution in [2.45, 2.75) is 70.4 Å². The summed E-state index contributed by atoms with van der Waals surface area (Å²) in [6.07, 6.45) is 11.5. The Morgan fingerprint density at radius 2 is 2.21 bits per heavy atom. The standard InChI is InChI=1S/C16H27N3/c1-13(2)19-11-8-15(18-19)12-16(14-6-7-14)9-4-3-5-10-17-16/h8,11,13-14,17H,3-7,9-10,12H2,1-2H3. The van der Waals surface area contributed by atoms with E-state index in [9.17, 15) is 0 Å². The van der Waals surface area contributed by atoms with E-state index in [4.69, 9.17) is 5.10 Å². The molecule has 3 nitrogen and oxygen atoms in total. The molecule has 1 unspecified atom stereocenters. The van der Waals surface area contributed by atoms with Gasteiger partial charge < -0.3 is 5.32 Å². The largest absolute Gasteiger partial charge is 0.311 e. The molecule has 3 heteroatoms. The minimum Gasteiger partial charge on any atom is -0.311 e. The Morgan fingerprint density at radius 1 is 1.37 bits per heavy atom. The van der Waals surface area contributed by atoms with Gasteiger partial charge in [-0.2, -0.15) is 5.10 Å². The molecule has 3 rings (SSSR count). The third kappa shape index (κ3) is 2.86. The summed E-state index contributed by atoms with van der Waals surface area (Å²) in [5.74, 6) is 0.898. The smallest absolute Gasteiger partial charge is 0.0643 e. The molecule has 1 aliphatic heterocycles. The number of hydrogen-bond donors (Lipinski definition) is 1. The van der Waals surface area contributed by atoms with Crippen LogP contribution in [-0.4, -0.2) is 21.9 Å². The lowest BCUT2D eigenvalue weighted by molar-refractivity contribution is 0.267. The fraction of sp³-hybridized carbons (Fsp3) is 0.812. The van der Waals surface area contributed by atoms with Crippen molar-refractivity contribution < 1.29 is 0 Å². The van der Waals surface area contributed by atoms with Gasteiger partial charge in [-0.05, 0) is 58.1 Å². The first-order chi connectivity index (χ1) is 9.20. The zero-order chi connectivity index (χ0) is 13.3. The Morgan fingerprint density at radius 3 is 2.89 bits per heavy atom. The zero-order valence-corrected chi connectivity index (χ0v) is 12.4. The summed E-state index contributed by atoms with van der Waals surface area (Å²) in [6.45, 7) is 5.58. The molecule has 0 radical (unpaired) electrons. The van der Waals surface area contributed by atoms with Crippen molar-refractivity contribution in [3.05, 3.63) is 18.0 Å². The van der Waals surface area contributed by atoms with Gasteiger partial charge in [-0.15, -0.1) is 0 Å². The van der Waals surface area contributed by atoms with Crippen LogP contribution in [-0.2, 0) is 6.42 Å². The predicted octanol–water partition coefficient (Wildman–Crippen LogP) is 3.32. The van der Waals surface area contributed by atoms with Crippen LogP contribution < -0.4 is 5.32 Å². The molecule has 1 saturated heterocycles. The van der Waals surface area contributed by atoms with Crippen LogP contribution in [0.2, 0.25) is 0 Å². The van der Waals surface area contributed by atoms with Crippen LogP contribution in [0.1, 0.15) is 64.1 Å². The first-order valence-corrected chi connectivity index (χ1v) is 7.99. The summed E-state index contributed by atoms with van der Waals surface area (Å²) in [5, 5.41) is 8.66. The molecule has 1 aromatic rings. The Hall–Kier alpha value is -0.830. The minimum atomic E-state index is 0.354. The van der Waals surface area contributed by atoms with E-state index < -0.39 is 0 Å². The summed E-state index contributed by atoms with van der Waals surface area (Å²) in [7, 11) is 0. The van der Waals surface area contributed by atoms with Gasteiger partial charge in [0.1, 0.15) is 0 Å². The van der Waals surface area contributed by atoms with E-state index in [0.717, 1.165) is 12.3 Å². The van der Waals surface area contributed by atoms with Crippen molar-refractivity contribution in [2.75, 3.05) is 6.54 Å². The lowest BCUT2D eigenvalue weighted by Crippen LogP contribution is -2.48. The molecule has 2 fully saturated rings. The number of rotatable bonds is 4. The van der Waals surface area contributed by atoms with Gasteiger partial charge in [0.15, 0.2) is 0 Å². The first-order valence-electron chi connectivity index (χ1n) is 7.99. The fourth-order valence-corrected chi connectivity index (χ4v) is 3.53. The summed E-state index contributed by atoms with van der Waals surface area (Å²) in [5.41, 5.74) is 1.63. The van der Waals surface area contributed by atoms with E-state index in [0.29, 0.717) is 11.6 Å². The Bertz CT molecular complexity index is 409. The molecule has 2 heterocycles. The maximum absolute atomic E-state index is 4.77. The van der Waals surface area contributed by atoms with E-state index >= 15 is 0 Å². The molecule has 1 N–H and O–H groups in total. The van der Waals surface area contributed by atoms with Crippen molar-refractivity contribution in [3.63, 3.8) is 0 Å². The Labute approximate surface area is 116 Å². The van der Waals surface area contributed by atoms with Crippen LogP contribution in [0.4, 0.5) is 0 Å². The highest BCUT2D eigenvalue weighted by Gasteiger charge is 2.45. The maximum atomic E-state index is 4.77. The molecular weight excluding hydrogens is 234 g/mol. The van der Waals surface area contributed by atoms with Crippen molar-refractivity contribution in [2.24, 2.45) is 5.92 Å². The Balaban J connectivity index is 1.76. The van der Waals surface area contributed by atoms with Gasteiger partial charge in [0, 0.05) is 24.2 Å². The molecule has 1 aromatic heterocycles. The highest BCUT2D eigenvalue weighted by Crippen LogP contribution is 2.44. The number of hydrogen-bond acceptors (Lipinski definition) is 2. The SMILES string of the molecule is CC(C)n1ccc(CC2(C3CC3)CCCCCN2)n1. The molecule has 106 valence electrons. The van der Waals surface area contributed by atoms with Crippen LogP contribution >= 0.6 is 0 Å². The minimum absolute atomic E-state index is 0.354. The van der Waals surface area contributed by atoms with Gasteiger partial charge in [-0.1, -0.05) is 12.8 Å². The van der Waals surface area contributed by atoms with Crippen LogP contribution in [0.25, 0.3) is 0 Å². The highest BCUT2D eigenvalue weighted by molar-refractivity contribution is 5.12. The summed E-state index contributed by atoms with van der Waals surface area (Å²) in [6, 6.07) is 2.68. The molecule has 0 aromatic carbocycles. The molecule has 1 saturated carbocycles. The van der Waals surface area contributed by atoms with E-state index in [2.05, 4.69) is 36.1 Å². The van der Waals surface area contributed by atoms with Gasteiger partial charge in [0.05, 0.1) is 5.69 Å². The average Bonchev–Trinajstić information content (AvgIpc) is 3.16. The van der Waals surface area contributed by atoms with Crippen LogP contribution in [0.15, 0.2) is 12.3 Å². The van der Waals surface area contributed by atoms with E-state index in [1.54, 1.807) is 0 Å². The highest BCUT2D eigenvalue weighted by atomic mass is 15.3. The molecule has 2 aliphatic rings. The molecule has 1 atom stereocenters. The van der Waals surface area contributed by atoms with E-state index in [1.807, 2.05) is 0 Å². The van der Waals surface area contributed by atoms with Crippen LogP contribution in [0, 0.1) is 5.92 Å². The van der Waals surface area contributed by atoms with Gasteiger partial charge >= 0.3 is 0 Å². The zero-order valence-electron chi connectivity index (χ0n) is 12.4. The van der Waals surface area contributed by atoms with E-state index in [-0.39, 0.29) is 0 Å². The first kappa shape index (κ1) is 13.2. The van der Waals surface area contributed by atoms with Crippen LogP contribution in [0.3, 0.4) is 0 Å². The molecule has 0 amide bonds. The number of nitrogens with one attached hydrogen (secondary N) is 1. The monoisotopic (exact) mass is 261 g/mol. The van der Waals surface area contributed by atoms with Crippen molar-refractivity contribution in [1.82, 2.24) is 15.1 Å². The second-order valence-electron chi connectivity index (χ2n) is 6.73. The fourth-order valence-electron chi connectivity index (χ4n) is 3.53. The average molecular weight is 261 g/mol. The van der Waals surface area contributed by atoms with Gasteiger partial charge in [-0.3, -0.25) is 4.68 Å². The third-order valence-electron chi connectivity index (χ3n) is 4.82. The quantitative estimate of drug-likeness (QED) is 0.901. The second-order valence-corrected chi connectivity index (χ2v) is 6.73. The topological polar surface area (TPSA) is 29.9 Å². The second kappa shape index (κ2) is 5.28. The third-order valence-corrected chi connectivity index (χ3v) is 4.82. The molecular formula is C16H27N3. The lowest BCUT2D eigenvalue weighted by Gasteiger charge is -2.33. The van der Waals surface area contributed by atoms with Crippen molar-refractivity contribution >= 4 is 0 Å². The summed E-state index contributed by atoms with van der Waals surface area (Å²) < 4.78 is 2.09. The summed E-state index contributed by atoms with van der Waals surface area (Å²) in [4.78, 5) is 0. The molecule has 1 aliphatic carbocycles. The predicted molar refractivity (Wildman–Crippen MR) is 78.2 cm³/mol. The van der Waals surface area contributed by atoms with Crippen molar-refractivity contribution in [3.8, 4) is 0 Å². The van der Waals surface area contributed by atoms with Gasteiger partial charge in [0.2, 0.25) is 0 Å². The molecule has 19 heavy (non-hydrogen) atoms. The van der Waals surface area contributed by atoms with Gasteiger partial charge in [0.25, 0.3) is 0 Å². The lowest BCUT2D eigenvalue weighted by atomic mass is 9.83. The van der Waals surface area contributed by atoms with Crippen molar-refractivity contribution in [1.29, 1.82) is 0 Å². The Kier molecular flexibility index (Phi) is 3.66. The van der Waals surface area contributed by atoms with E-state index in [1.165, 1.54) is 50.8 Å². The maximum Gasteiger partial charge on any atom is 0.0643 e. The molecule has 0 bridgehead atoms. The number of nitrogens with zero attached hydrogens (tertiary/aromatic N) is 2. The van der Waals surface area contributed by atoms with Crippen LogP contribution in [0.5, 0.6) is 0 Å². The number of aromatic nitrogens is 2.